The van der Waals surface area contributed by atoms with Crippen LogP contribution in [0, 0.1) is 27.9 Å². The maximum atomic E-state index is 14.0. The van der Waals surface area contributed by atoms with E-state index in [-0.39, 0.29) is 35.5 Å². The van der Waals surface area contributed by atoms with Gasteiger partial charge in [-0.2, -0.15) is 0 Å². The predicted octanol–water partition coefficient (Wildman–Crippen LogP) is 4.26. The van der Waals surface area contributed by atoms with Crippen LogP contribution in [0.5, 0.6) is 5.75 Å². The number of halogens is 3. The molecule has 0 aromatic heterocycles. The molecule has 1 saturated carbocycles. The molecule has 13 heteroatoms. The highest BCUT2D eigenvalue weighted by molar-refractivity contribution is 9.10. The number of benzene rings is 2. The lowest BCUT2D eigenvalue weighted by molar-refractivity contribution is -0.384. The number of imide groups is 2. The highest BCUT2D eigenvalue weighted by Crippen LogP contribution is 2.66. The summed E-state index contributed by atoms with van der Waals surface area (Å²) in [4.78, 5) is 63.1. The van der Waals surface area contributed by atoms with Crippen LogP contribution >= 0.6 is 39.1 Å². The Morgan fingerprint density at radius 2 is 1.77 bits per heavy atom. The van der Waals surface area contributed by atoms with Crippen molar-refractivity contribution in [2.45, 2.75) is 28.5 Å². The van der Waals surface area contributed by atoms with E-state index in [1.54, 1.807) is 18.2 Å². The van der Waals surface area contributed by atoms with E-state index in [2.05, 4.69) is 15.9 Å². The first kappa shape index (κ1) is 26.9. The highest BCUT2D eigenvalue weighted by Gasteiger charge is 2.76. The molecule has 2 heterocycles. The number of rotatable bonds is 3. The van der Waals surface area contributed by atoms with Crippen molar-refractivity contribution in [3.05, 3.63) is 74.3 Å². The number of likely N-dealkylation sites (tertiary alicyclic amines) is 1. The number of allylic oxidation sites excluding steroid dienone is 2. The van der Waals surface area contributed by atoms with E-state index in [0.717, 1.165) is 15.9 Å². The maximum Gasteiger partial charge on any atom is 0.271 e. The van der Waals surface area contributed by atoms with Gasteiger partial charge >= 0.3 is 0 Å². The summed E-state index contributed by atoms with van der Waals surface area (Å²) >= 11 is 17.6. The van der Waals surface area contributed by atoms with Crippen LogP contribution in [0.25, 0.3) is 0 Å². The van der Waals surface area contributed by atoms with E-state index < -0.39 is 62.0 Å². The molecule has 1 N–H and O–H groups in total. The zero-order valence-electron chi connectivity index (χ0n) is 20.7. The summed E-state index contributed by atoms with van der Waals surface area (Å²) in [5, 5.41) is 22.3. The molecule has 206 valence electrons. The van der Waals surface area contributed by atoms with Crippen molar-refractivity contribution < 1.29 is 29.2 Å². The molecule has 40 heavy (non-hydrogen) atoms. The number of nitro groups is 1. The number of alkyl halides is 2. The number of carbonyl (C=O) groups excluding carboxylic acids is 4. The number of aromatic hydroxyl groups is 1. The summed E-state index contributed by atoms with van der Waals surface area (Å²) in [7, 11) is 1.28. The minimum Gasteiger partial charge on any atom is -0.508 e. The number of hydrogen-bond donors (Lipinski definition) is 1. The molecule has 2 aliphatic heterocycles. The van der Waals surface area contributed by atoms with Crippen LogP contribution in [0.4, 0.5) is 11.4 Å². The number of nitro benzene ring substituents is 1. The van der Waals surface area contributed by atoms with Gasteiger partial charge in [-0.15, -0.1) is 23.2 Å². The fourth-order valence-electron chi connectivity index (χ4n) is 6.85. The van der Waals surface area contributed by atoms with Gasteiger partial charge in [-0.25, -0.2) is 4.90 Å². The van der Waals surface area contributed by atoms with Gasteiger partial charge < -0.3 is 5.11 Å². The van der Waals surface area contributed by atoms with Crippen molar-refractivity contribution in [3.63, 3.8) is 0 Å². The van der Waals surface area contributed by atoms with E-state index >= 15 is 0 Å². The molecule has 2 aromatic rings. The normalized spacial score (nSPS) is 33.0. The van der Waals surface area contributed by atoms with Crippen molar-refractivity contribution in [2.24, 2.45) is 17.8 Å². The van der Waals surface area contributed by atoms with Gasteiger partial charge in [-0.05, 0) is 43.0 Å². The number of fused-ring (bicyclic) bond motifs is 4. The van der Waals surface area contributed by atoms with E-state index in [9.17, 15) is 34.4 Å². The van der Waals surface area contributed by atoms with Gasteiger partial charge in [-0.3, -0.25) is 34.2 Å². The monoisotopic (exact) mass is 647 g/mol. The van der Waals surface area contributed by atoms with E-state index in [0.29, 0.717) is 10.0 Å². The highest BCUT2D eigenvalue weighted by atomic mass is 79.9. The Balaban J connectivity index is 1.52. The first-order valence-corrected chi connectivity index (χ1v) is 13.9. The van der Waals surface area contributed by atoms with Crippen LogP contribution in [-0.4, -0.2) is 55.4 Å². The smallest absolute Gasteiger partial charge is 0.271 e. The van der Waals surface area contributed by atoms with E-state index in [1.165, 1.54) is 31.3 Å². The van der Waals surface area contributed by atoms with Gasteiger partial charge in [0.05, 0.1) is 22.4 Å². The molecule has 3 fully saturated rings. The van der Waals surface area contributed by atoms with Gasteiger partial charge in [-0.1, -0.05) is 33.6 Å². The zero-order chi connectivity index (χ0) is 28.9. The van der Waals surface area contributed by atoms with Crippen LogP contribution in [0.15, 0.2) is 58.6 Å². The maximum absolute atomic E-state index is 14.0. The zero-order valence-corrected chi connectivity index (χ0v) is 23.8. The molecule has 2 aliphatic carbocycles. The van der Waals surface area contributed by atoms with Crippen molar-refractivity contribution in [2.75, 3.05) is 11.9 Å². The summed E-state index contributed by atoms with van der Waals surface area (Å²) < 4.78 is 0.575. The average Bonchev–Trinajstić information content (AvgIpc) is 3.25. The molecule has 6 rings (SSSR count). The van der Waals surface area contributed by atoms with Crippen LogP contribution in [-0.2, 0) is 19.2 Å². The third-order valence-corrected chi connectivity index (χ3v) is 10.5. The molecule has 6 atom stereocenters. The number of carbonyl (C=O) groups is 4. The van der Waals surface area contributed by atoms with Crippen LogP contribution in [0.1, 0.15) is 24.3 Å². The Kier molecular flexibility index (Phi) is 5.96. The summed E-state index contributed by atoms with van der Waals surface area (Å²) in [6.45, 7) is 0. The molecular formula is C27H20BrCl2N3O7. The summed E-state index contributed by atoms with van der Waals surface area (Å²) in [5.41, 5.74) is 0.558. The molecule has 2 aromatic carbocycles. The molecule has 2 saturated heterocycles. The summed E-state index contributed by atoms with van der Waals surface area (Å²) in [6, 6.07) is 9.86. The SMILES string of the molecule is CN1C(=O)[C@]2(Cl)C[C@@H]3C(=CC[C@@H]4C(=O)N(c5cccc([N+](=O)[O-])c5)C(=O)[C@@H]43)[C@H](c3cc(Br)ccc3O)[C@]2(Cl)C1=O. The number of phenols is 1. The minimum absolute atomic E-state index is 0.0660. The van der Waals surface area contributed by atoms with Crippen molar-refractivity contribution in [1.29, 1.82) is 0 Å². The minimum atomic E-state index is -2.01. The quantitative estimate of drug-likeness (QED) is 0.173. The van der Waals surface area contributed by atoms with Crippen LogP contribution in [0.2, 0.25) is 0 Å². The predicted molar refractivity (Wildman–Crippen MR) is 147 cm³/mol. The molecule has 0 spiro atoms. The van der Waals surface area contributed by atoms with Crippen molar-refractivity contribution in [1.82, 2.24) is 4.90 Å². The lowest BCUT2D eigenvalue weighted by Gasteiger charge is -2.50. The van der Waals surface area contributed by atoms with Crippen LogP contribution < -0.4 is 4.90 Å². The number of anilines is 1. The summed E-state index contributed by atoms with van der Waals surface area (Å²) in [5.74, 6) is -6.41. The largest absolute Gasteiger partial charge is 0.508 e. The van der Waals surface area contributed by atoms with E-state index in [1.807, 2.05) is 0 Å². The van der Waals surface area contributed by atoms with Crippen molar-refractivity contribution in [3.8, 4) is 5.75 Å². The third kappa shape index (κ3) is 3.34. The van der Waals surface area contributed by atoms with Gasteiger partial charge in [0.2, 0.25) is 11.8 Å². The number of phenolic OH excluding ortho intramolecular Hbond substituents is 1. The molecule has 4 aliphatic rings. The average molecular weight is 649 g/mol. The number of amides is 4. The summed E-state index contributed by atoms with van der Waals surface area (Å²) in [6.07, 6.45) is 1.67. The molecule has 0 unspecified atom stereocenters. The first-order valence-electron chi connectivity index (χ1n) is 12.3. The Labute approximate surface area is 245 Å². The second-order valence-corrected chi connectivity index (χ2v) is 12.6. The fourth-order valence-corrected chi connectivity index (χ4v) is 8.24. The number of hydrogen-bond acceptors (Lipinski definition) is 7. The first-order chi connectivity index (χ1) is 18.8. The molecule has 0 radical (unpaired) electrons. The molecule has 4 amide bonds. The van der Waals surface area contributed by atoms with Crippen LogP contribution in [0.3, 0.4) is 0 Å². The molecule has 10 nitrogen and oxygen atoms in total. The van der Waals surface area contributed by atoms with Crippen molar-refractivity contribution >= 4 is 74.1 Å². The Morgan fingerprint density at radius 1 is 1.05 bits per heavy atom. The van der Waals surface area contributed by atoms with E-state index in [4.69, 9.17) is 23.2 Å². The Morgan fingerprint density at radius 3 is 2.48 bits per heavy atom. The lowest BCUT2D eigenvalue weighted by atomic mass is 9.56. The standard InChI is InChI=1S/C27H20BrCl2N3O7/c1-31-24(37)26(29)11-18-15(21(27(26,30)25(31)38)17-9-12(28)5-8-19(17)34)6-7-16-20(18)23(36)32(22(16)35)13-3-2-4-14(10-13)33(39)40/h2-6,8-10,16,18,20-21,34H,7,11H2,1H3/t16-,18+,20-,21+,26+,27-/m0/s1. The number of non-ortho nitro benzene ring substituents is 1. The Bertz CT molecular complexity index is 1600. The number of nitrogens with zero attached hydrogens (tertiary/aromatic N) is 3. The molecule has 0 bridgehead atoms. The molecular weight excluding hydrogens is 629 g/mol. The van der Waals surface area contributed by atoms with Gasteiger partial charge in [0.1, 0.15) is 5.75 Å². The Hall–Kier alpha value is -3.28. The van der Waals surface area contributed by atoms with Gasteiger partial charge in [0.25, 0.3) is 17.5 Å². The van der Waals surface area contributed by atoms with Gasteiger partial charge in [0, 0.05) is 35.1 Å². The lowest BCUT2D eigenvalue weighted by Crippen LogP contribution is -2.60. The van der Waals surface area contributed by atoms with Gasteiger partial charge in [0.15, 0.2) is 9.75 Å². The second kappa shape index (κ2) is 8.86. The topological polar surface area (TPSA) is 138 Å². The fraction of sp³-hybridized carbons (Fsp3) is 0.333. The second-order valence-electron chi connectivity index (χ2n) is 10.5. The third-order valence-electron chi connectivity index (χ3n) is 8.61.